The second-order valence-electron chi connectivity index (χ2n) is 5.91. The van der Waals surface area contributed by atoms with Crippen LogP contribution in [0.5, 0.6) is 11.5 Å². The van der Waals surface area contributed by atoms with Crippen LogP contribution >= 0.6 is 23.4 Å². The third-order valence-corrected chi connectivity index (χ3v) is 5.37. The zero-order chi connectivity index (χ0) is 13.5. The summed E-state index contributed by atoms with van der Waals surface area (Å²) in [7, 11) is 0. The molecule has 1 unspecified atom stereocenters. The molecular weight excluding hydrogens is 282 g/mol. The SMILES string of the molecule is CC1(C)CSCC(Nc2cc3c(cc2Cl)OCO3)C1. The molecule has 2 heterocycles. The van der Waals surface area contributed by atoms with Crippen LogP contribution < -0.4 is 14.8 Å². The Morgan fingerprint density at radius 2 is 2.05 bits per heavy atom. The van der Waals surface area contributed by atoms with Gasteiger partial charge in [0.2, 0.25) is 6.79 Å². The molecule has 0 spiro atoms. The Kier molecular flexibility index (Phi) is 3.48. The molecule has 3 nitrogen and oxygen atoms in total. The highest BCUT2D eigenvalue weighted by molar-refractivity contribution is 7.99. The maximum atomic E-state index is 6.29. The van der Waals surface area contributed by atoms with Gasteiger partial charge in [0.15, 0.2) is 11.5 Å². The molecular formula is C14H18ClNO2S. The van der Waals surface area contributed by atoms with Crippen molar-refractivity contribution in [2.24, 2.45) is 5.41 Å². The maximum absolute atomic E-state index is 6.29. The van der Waals surface area contributed by atoms with Gasteiger partial charge in [-0.05, 0) is 17.6 Å². The van der Waals surface area contributed by atoms with Crippen molar-refractivity contribution in [1.82, 2.24) is 0 Å². The Labute approximate surface area is 123 Å². The van der Waals surface area contributed by atoms with Crippen molar-refractivity contribution in [2.75, 3.05) is 23.6 Å². The van der Waals surface area contributed by atoms with Crippen molar-refractivity contribution in [3.05, 3.63) is 17.2 Å². The van der Waals surface area contributed by atoms with Crippen LogP contribution in [0.4, 0.5) is 5.69 Å². The zero-order valence-corrected chi connectivity index (χ0v) is 12.7. The molecule has 3 rings (SSSR count). The Balaban J connectivity index is 1.76. The zero-order valence-electron chi connectivity index (χ0n) is 11.2. The molecule has 2 aliphatic rings. The molecule has 0 radical (unpaired) electrons. The predicted octanol–water partition coefficient (Wildman–Crippen LogP) is 4.01. The summed E-state index contributed by atoms with van der Waals surface area (Å²) in [6.45, 7) is 4.91. The van der Waals surface area contributed by atoms with E-state index >= 15 is 0 Å². The first-order chi connectivity index (χ1) is 9.03. The predicted molar refractivity (Wildman–Crippen MR) is 80.7 cm³/mol. The number of anilines is 1. The average molecular weight is 300 g/mol. The second kappa shape index (κ2) is 4.98. The Morgan fingerprint density at radius 1 is 1.32 bits per heavy atom. The van der Waals surface area contributed by atoms with Crippen LogP contribution in [0.1, 0.15) is 20.3 Å². The molecule has 1 N–H and O–H groups in total. The molecule has 1 fully saturated rings. The third-order valence-electron chi connectivity index (χ3n) is 3.43. The second-order valence-corrected chi connectivity index (χ2v) is 7.35. The lowest BCUT2D eigenvalue weighted by Gasteiger charge is -2.35. The third kappa shape index (κ3) is 2.90. The average Bonchev–Trinajstić information content (AvgIpc) is 2.75. The van der Waals surface area contributed by atoms with Crippen LogP contribution in [0.25, 0.3) is 0 Å². The van der Waals surface area contributed by atoms with Gasteiger partial charge in [0.25, 0.3) is 0 Å². The van der Waals surface area contributed by atoms with Gasteiger partial charge in [-0.2, -0.15) is 11.8 Å². The van der Waals surface area contributed by atoms with Crippen LogP contribution in [0.15, 0.2) is 12.1 Å². The van der Waals surface area contributed by atoms with E-state index in [1.165, 1.54) is 5.75 Å². The molecule has 0 saturated carbocycles. The van der Waals surface area contributed by atoms with E-state index < -0.39 is 0 Å². The fourth-order valence-electron chi connectivity index (χ4n) is 2.60. The van der Waals surface area contributed by atoms with Crippen molar-refractivity contribution >= 4 is 29.1 Å². The van der Waals surface area contributed by atoms with E-state index in [0.29, 0.717) is 16.5 Å². The topological polar surface area (TPSA) is 30.5 Å². The smallest absolute Gasteiger partial charge is 0.231 e. The lowest BCUT2D eigenvalue weighted by atomic mass is 9.88. The Hall–Kier alpha value is -0.740. The van der Waals surface area contributed by atoms with E-state index in [4.69, 9.17) is 21.1 Å². The summed E-state index contributed by atoms with van der Waals surface area (Å²) in [4.78, 5) is 0. The van der Waals surface area contributed by atoms with Gasteiger partial charge in [-0.3, -0.25) is 0 Å². The Bertz CT molecular complexity index is 493. The number of fused-ring (bicyclic) bond motifs is 1. The van der Waals surface area contributed by atoms with E-state index in [1.54, 1.807) is 0 Å². The summed E-state index contributed by atoms with van der Waals surface area (Å²) in [5.74, 6) is 3.84. The number of benzene rings is 1. The minimum absolute atomic E-state index is 0.279. The van der Waals surface area contributed by atoms with E-state index in [0.717, 1.165) is 29.4 Å². The van der Waals surface area contributed by atoms with Crippen molar-refractivity contribution in [3.63, 3.8) is 0 Å². The van der Waals surface area contributed by atoms with Crippen molar-refractivity contribution in [2.45, 2.75) is 26.3 Å². The molecule has 0 bridgehead atoms. The summed E-state index contributed by atoms with van der Waals surface area (Å²) in [5.41, 5.74) is 1.32. The van der Waals surface area contributed by atoms with Gasteiger partial charge in [0.05, 0.1) is 10.7 Å². The summed E-state index contributed by atoms with van der Waals surface area (Å²) < 4.78 is 10.7. The van der Waals surface area contributed by atoms with Crippen molar-refractivity contribution < 1.29 is 9.47 Å². The van der Waals surface area contributed by atoms with Gasteiger partial charge in [0, 0.05) is 23.9 Å². The number of halogens is 1. The molecule has 0 aromatic heterocycles. The number of thioether (sulfide) groups is 1. The van der Waals surface area contributed by atoms with E-state index in [-0.39, 0.29) is 6.79 Å². The van der Waals surface area contributed by atoms with Gasteiger partial charge in [0.1, 0.15) is 0 Å². The fraction of sp³-hybridized carbons (Fsp3) is 0.571. The van der Waals surface area contributed by atoms with Gasteiger partial charge in [-0.15, -0.1) is 0 Å². The van der Waals surface area contributed by atoms with E-state index in [1.807, 2.05) is 23.9 Å². The number of hydrogen-bond donors (Lipinski definition) is 1. The molecule has 5 heteroatoms. The van der Waals surface area contributed by atoms with Gasteiger partial charge in [-0.1, -0.05) is 25.4 Å². The molecule has 1 aromatic carbocycles. The molecule has 2 aliphatic heterocycles. The van der Waals surface area contributed by atoms with Crippen LogP contribution in [-0.2, 0) is 0 Å². The van der Waals surface area contributed by atoms with Gasteiger partial charge >= 0.3 is 0 Å². The van der Waals surface area contributed by atoms with Crippen LogP contribution in [0.2, 0.25) is 5.02 Å². The van der Waals surface area contributed by atoms with Crippen LogP contribution in [-0.4, -0.2) is 24.3 Å². The largest absolute Gasteiger partial charge is 0.454 e. The highest BCUT2D eigenvalue weighted by atomic mass is 35.5. The summed E-state index contributed by atoms with van der Waals surface area (Å²) >= 11 is 8.29. The summed E-state index contributed by atoms with van der Waals surface area (Å²) in [5, 5.41) is 4.24. The molecule has 1 atom stereocenters. The number of nitrogens with one attached hydrogen (secondary N) is 1. The molecule has 19 heavy (non-hydrogen) atoms. The fourth-order valence-corrected chi connectivity index (χ4v) is 4.08. The molecule has 0 aliphatic carbocycles. The minimum Gasteiger partial charge on any atom is -0.454 e. The monoisotopic (exact) mass is 299 g/mol. The van der Waals surface area contributed by atoms with Gasteiger partial charge < -0.3 is 14.8 Å². The van der Waals surface area contributed by atoms with Gasteiger partial charge in [-0.25, -0.2) is 0 Å². The normalized spacial score (nSPS) is 24.3. The quantitative estimate of drug-likeness (QED) is 0.894. The molecule has 0 amide bonds. The van der Waals surface area contributed by atoms with Crippen molar-refractivity contribution in [3.8, 4) is 11.5 Å². The van der Waals surface area contributed by atoms with E-state index in [9.17, 15) is 0 Å². The number of ether oxygens (including phenoxy) is 2. The molecule has 104 valence electrons. The van der Waals surface area contributed by atoms with Crippen LogP contribution in [0.3, 0.4) is 0 Å². The minimum atomic E-state index is 0.279. The first-order valence-corrected chi connectivity index (χ1v) is 8.00. The first-order valence-electron chi connectivity index (χ1n) is 6.47. The number of hydrogen-bond acceptors (Lipinski definition) is 4. The van der Waals surface area contributed by atoms with E-state index in [2.05, 4.69) is 19.2 Å². The first kappa shape index (κ1) is 13.3. The standard InChI is InChI=1S/C14H18ClNO2S/c1-14(2)5-9(6-19-7-14)16-11-4-13-12(3-10(11)15)17-8-18-13/h3-4,9,16H,5-8H2,1-2H3. The number of rotatable bonds is 2. The van der Waals surface area contributed by atoms with Crippen molar-refractivity contribution in [1.29, 1.82) is 0 Å². The van der Waals surface area contributed by atoms with Crippen LogP contribution in [0, 0.1) is 5.41 Å². The summed E-state index contributed by atoms with van der Waals surface area (Å²) in [6, 6.07) is 4.22. The Morgan fingerprint density at radius 3 is 2.79 bits per heavy atom. The highest BCUT2D eigenvalue weighted by Crippen LogP contribution is 2.41. The lowest BCUT2D eigenvalue weighted by Crippen LogP contribution is -2.35. The lowest BCUT2D eigenvalue weighted by molar-refractivity contribution is 0.174. The maximum Gasteiger partial charge on any atom is 0.231 e. The summed E-state index contributed by atoms with van der Waals surface area (Å²) in [6.07, 6.45) is 1.16. The molecule has 1 aromatic rings. The molecule has 1 saturated heterocycles. The highest BCUT2D eigenvalue weighted by Gasteiger charge is 2.29.